The van der Waals surface area contributed by atoms with Crippen molar-refractivity contribution in [2.45, 2.75) is 13.1 Å². The molecule has 7 nitrogen and oxygen atoms in total. The summed E-state index contributed by atoms with van der Waals surface area (Å²) in [7, 11) is 0. The minimum Gasteiger partial charge on any atom is -0.330 e. The molecule has 0 atom stereocenters. The summed E-state index contributed by atoms with van der Waals surface area (Å²) in [6, 6.07) is 16.5. The second-order valence-electron chi connectivity index (χ2n) is 6.94. The molecular formula is C21H16I2N6O. The van der Waals surface area contributed by atoms with E-state index in [4.69, 9.17) is 0 Å². The van der Waals surface area contributed by atoms with Gasteiger partial charge in [-0.3, -0.25) is 4.57 Å². The third-order valence-electron chi connectivity index (χ3n) is 4.94. The van der Waals surface area contributed by atoms with Crippen LogP contribution in [-0.4, -0.2) is 25.4 Å². The lowest BCUT2D eigenvalue weighted by Crippen LogP contribution is -2.19. The minimum absolute atomic E-state index is 0.181. The molecule has 2 aromatic heterocycles. The van der Waals surface area contributed by atoms with Crippen LogP contribution >= 0.6 is 45.2 Å². The Labute approximate surface area is 199 Å². The monoisotopic (exact) mass is 622 g/mol. The van der Waals surface area contributed by atoms with E-state index < -0.39 is 0 Å². The number of benzene rings is 2. The van der Waals surface area contributed by atoms with E-state index >= 15 is 0 Å². The molecule has 0 radical (unpaired) electrons. The highest BCUT2D eigenvalue weighted by Gasteiger charge is 2.23. The summed E-state index contributed by atoms with van der Waals surface area (Å²) in [5.41, 5.74) is 3.34. The van der Waals surface area contributed by atoms with Crippen molar-refractivity contribution in [1.82, 2.24) is 19.1 Å². The number of H-pyrrole nitrogens is 1. The molecule has 4 aromatic rings. The molecule has 0 aliphatic carbocycles. The van der Waals surface area contributed by atoms with E-state index in [1.54, 1.807) is 17.2 Å². The van der Waals surface area contributed by atoms with Crippen LogP contribution in [0.4, 0.5) is 11.6 Å². The fourth-order valence-corrected chi connectivity index (χ4v) is 4.18. The largest absolute Gasteiger partial charge is 0.330 e. The van der Waals surface area contributed by atoms with E-state index in [-0.39, 0.29) is 5.69 Å². The van der Waals surface area contributed by atoms with Gasteiger partial charge < -0.3 is 14.9 Å². The summed E-state index contributed by atoms with van der Waals surface area (Å²) in [5.74, 6) is 1.38. The van der Waals surface area contributed by atoms with Crippen LogP contribution in [0.25, 0.3) is 11.4 Å². The Morgan fingerprint density at radius 2 is 1.53 bits per heavy atom. The molecule has 1 aliphatic rings. The van der Waals surface area contributed by atoms with Crippen LogP contribution in [0.2, 0.25) is 0 Å². The third kappa shape index (κ3) is 3.71. The zero-order valence-corrected chi connectivity index (χ0v) is 20.0. The Kier molecular flexibility index (Phi) is 5.23. The number of nitrogens with one attached hydrogen (secondary N) is 2. The number of nitrogens with zero attached hydrogens (tertiary/aromatic N) is 4. The fraction of sp³-hybridized carbons (Fsp3) is 0.0952. The second-order valence-corrected chi connectivity index (χ2v) is 9.43. The lowest BCUT2D eigenvalue weighted by Gasteiger charge is -2.07. The first-order chi connectivity index (χ1) is 14.6. The van der Waals surface area contributed by atoms with E-state index in [0.29, 0.717) is 36.1 Å². The van der Waals surface area contributed by atoms with Gasteiger partial charge in [0.2, 0.25) is 0 Å². The van der Waals surface area contributed by atoms with Gasteiger partial charge in [-0.25, -0.2) is 14.8 Å². The van der Waals surface area contributed by atoms with E-state index in [0.717, 1.165) is 14.7 Å². The summed E-state index contributed by atoms with van der Waals surface area (Å²) in [6.07, 6.45) is 3.39. The number of hydrogen-bond acceptors (Lipinski definition) is 4. The molecule has 0 bridgehead atoms. The molecule has 9 heteroatoms. The zero-order chi connectivity index (χ0) is 20.7. The molecule has 0 amide bonds. The fourth-order valence-electron chi connectivity index (χ4n) is 3.46. The number of rotatable bonds is 4. The smallest absolute Gasteiger partial charge is 0.327 e. The highest BCUT2D eigenvalue weighted by Crippen LogP contribution is 2.34. The highest BCUT2D eigenvalue weighted by molar-refractivity contribution is 14.1. The number of halogens is 2. The van der Waals surface area contributed by atoms with E-state index in [1.807, 2.05) is 28.8 Å². The minimum atomic E-state index is -0.181. The van der Waals surface area contributed by atoms with Crippen LogP contribution < -0.4 is 11.0 Å². The van der Waals surface area contributed by atoms with Crippen molar-refractivity contribution in [3.8, 4) is 11.4 Å². The summed E-state index contributed by atoms with van der Waals surface area (Å²) in [6.45, 7) is 1.11. The maximum atomic E-state index is 12.7. The Morgan fingerprint density at radius 1 is 0.900 bits per heavy atom. The Bertz CT molecular complexity index is 1300. The Morgan fingerprint density at radius 3 is 2.20 bits per heavy atom. The number of aliphatic imine (C=N–C) groups is 1. The van der Waals surface area contributed by atoms with Crippen molar-refractivity contribution < 1.29 is 0 Å². The summed E-state index contributed by atoms with van der Waals surface area (Å²) in [5, 5.41) is 3.16. The van der Waals surface area contributed by atoms with Crippen LogP contribution in [0.3, 0.4) is 0 Å². The van der Waals surface area contributed by atoms with Crippen LogP contribution in [0.15, 0.2) is 64.6 Å². The van der Waals surface area contributed by atoms with Crippen molar-refractivity contribution in [2.75, 3.05) is 5.32 Å². The Hall–Kier alpha value is -2.41. The first kappa shape index (κ1) is 19.5. The maximum absolute atomic E-state index is 12.7. The Balaban J connectivity index is 1.52. The lowest BCUT2D eigenvalue weighted by molar-refractivity contribution is 0.770. The molecule has 0 saturated carbocycles. The quantitative estimate of drug-likeness (QED) is 0.331. The van der Waals surface area contributed by atoms with Gasteiger partial charge in [-0.05, 0) is 80.6 Å². The van der Waals surface area contributed by atoms with Crippen LogP contribution in [0.5, 0.6) is 0 Å². The number of aromatic amines is 1. The molecule has 3 heterocycles. The zero-order valence-electron chi connectivity index (χ0n) is 15.6. The van der Waals surface area contributed by atoms with Gasteiger partial charge in [0.25, 0.3) is 0 Å². The van der Waals surface area contributed by atoms with Gasteiger partial charge in [-0.15, -0.1) is 0 Å². The highest BCUT2D eigenvalue weighted by atomic mass is 127. The van der Waals surface area contributed by atoms with Crippen molar-refractivity contribution in [3.05, 3.63) is 83.6 Å². The molecular weight excluding hydrogens is 606 g/mol. The molecule has 0 unspecified atom stereocenters. The molecule has 2 N–H and O–H groups in total. The first-order valence-electron chi connectivity index (χ1n) is 9.25. The van der Waals surface area contributed by atoms with Crippen molar-refractivity contribution in [1.29, 1.82) is 0 Å². The van der Waals surface area contributed by atoms with E-state index in [9.17, 15) is 4.79 Å². The van der Waals surface area contributed by atoms with Crippen LogP contribution in [0.1, 0.15) is 11.1 Å². The van der Waals surface area contributed by atoms with E-state index in [2.05, 4.69) is 89.7 Å². The first-order valence-corrected chi connectivity index (χ1v) is 11.4. The molecule has 5 rings (SSSR count). The standard InChI is InChI=1S/C21H16I2N6O/c22-15-5-1-13(2-6-15)9-28-12-26-17-18-20(25-11-24-19(17)28)29(21(30)27-18)10-14-3-7-16(23)8-4-14/h1-8,11-12H,9-10H2,(H,24,25)(H,27,30). The van der Waals surface area contributed by atoms with Gasteiger partial charge in [0.05, 0.1) is 25.8 Å². The van der Waals surface area contributed by atoms with Crippen molar-refractivity contribution >= 4 is 63.2 Å². The average Bonchev–Trinajstić information content (AvgIpc) is 3.21. The predicted octanol–water partition coefficient (Wildman–Crippen LogP) is 4.43. The van der Waals surface area contributed by atoms with Gasteiger partial charge in [-0.1, -0.05) is 24.3 Å². The van der Waals surface area contributed by atoms with Gasteiger partial charge in [-0.2, -0.15) is 0 Å². The van der Waals surface area contributed by atoms with E-state index in [1.165, 1.54) is 3.57 Å². The van der Waals surface area contributed by atoms with Gasteiger partial charge in [0.15, 0.2) is 5.82 Å². The number of imidazole rings is 2. The topological polar surface area (TPSA) is 80.0 Å². The van der Waals surface area contributed by atoms with Gasteiger partial charge in [0.1, 0.15) is 17.2 Å². The SMILES string of the molecule is O=c1[nH]c2c(n1Cc1ccc(I)cc1)NC=Nc1c-2ncn1Cc1ccc(I)cc1. The van der Waals surface area contributed by atoms with Crippen LogP contribution in [0, 0.1) is 7.14 Å². The van der Waals surface area contributed by atoms with Crippen molar-refractivity contribution in [3.63, 3.8) is 0 Å². The number of hydrogen-bond donors (Lipinski definition) is 2. The molecule has 30 heavy (non-hydrogen) atoms. The molecule has 150 valence electrons. The number of fused-ring (bicyclic) bond motifs is 3. The summed E-state index contributed by atoms with van der Waals surface area (Å²) >= 11 is 4.56. The maximum Gasteiger partial charge on any atom is 0.327 e. The molecule has 0 spiro atoms. The van der Waals surface area contributed by atoms with Crippen LogP contribution in [-0.2, 0) is 13.1 Å². The predicted molar refractivity (Wildman–Crippen MR) is 135 cm³/mol. The normalized spacial score (nSPS) is 12.2. The number of anilines is 1. The van der Waals surface area contributed by atoms with Gasteiger partial charge in [0, 0.05) is 7.14 Å². The second kappa shape index (κ2) is 8.02. The lowest BCUT2D eigenvalue weighted by atomic mass is 10.2. The average molecular weight is 622 g/mol. The molecule has 2 aromatic carbocycles. The third-order valence-corrected chi connectivity index (χ3v) is 6.38. The summed E-state index contributed by atoms with van der Waals surface area (Å²) < 4.78 is 6.01. The van der Waals surface area contributed by atoms with Gasteiger partial charge >= 0.3 is 5.69 Å². The summed E-state index contributed by atoms with van der Waals surface area (Å²) in [4.78, 5) is 24.8. The molecule has 1 aliphatic heterocycles. The van der Waals surface area contributed by atoms with Crippen molar-refractivity contribution in [2.24, 2.45) is 4.99 Å². The number of aromatic nitrogens is 4. The molecule has 0 saturated heterocycles. The molecule has 0 fully saturated rings.